The number of ether oxygens (including phenoxy) is 1. The van der Waals surface area contributed by atoms with E-state index >= 15 is 0 Å². The van der Waals surface area contributed by atoms with Crippen LogP contribution in [-0.4, -0.2) is 48.7 Å². The molecule has 0 saturated heterocycles. The molecule has 8 nitrogen and oxygen atoms in total. The molecule has 0 saturated carbocycles. The van der Waals surface area contributed by atoms with Crippen molar-refractivity contribution in [1.29, 1.82) is 0 Å². The molecule has 0 aliphatic heterocycles. The summed E-state index contributed by atoms with van der Waals surface area (Å²) in [7, 11) is 3.32. The molecule has 0 spiro atoms. The SMILES string of the molecule is CN=C(NCCCn1c(C)nc2ccccc21)NCC(=O)NCc1ccc(OC)cc1. The van der Waals surface area contributed by atoms with Crippen molar-refractivity contribution in [1.82, 2.24) is 25.5 Å². The Kier molecular flexibility index (Phi) is 7.86. The molecular weight excluding hydrogens is 392 g/mol. The third-order valence-corrected chi connectivity index (χ3v) is 4.99. The number of fused-ring (bicyclic) bond motifs is 1. The summed E-state index contributed by atoms with van der Waals surface area (Å²) < 4.78 is 7.36. The number of imidazole rings is 1. The minimum absolute atomic E-state index is 0.0979. The summed E-state index contributed by atoms with van der Waals surface area (Å²) in [6, 6.07) is 15.8. The first-order chi connectivity index (χ1) is 15.1. The van der Waals surface area contributed by atoms with E-state index in [4.69, 9.17) is 4.74 Å². The summed E-state index contributed by atoms with van der Waals surface area (Å²) in [5.74, 6) is 2.31. The molecule has 0 bridgehead atoms. The van der Waals surface area contributed by atoms with Gasteiger partial charge in [0, 0.05) is 26.7 Å². The second kappa shape index (κ2) is 11.0. The number of nitrogens with one attached hydrogen (secondary N) is 3. The van der Waals surface area contributed by atoms with Crippen LogP contribution in [0.1, 0.15) is 17.8 Å². The molecule has 3 rings (SSSR count). The van der Waals surface area contributed by atoms with Gasteiger partial charge in [0.15, 0.2) is 5.96 Å². The van der Waals surface area contributed by atoms with Crippen molar-refractivity contribution in [3.63, 3.8) is 0 Å². The van der Waals surface area contributed by atoms with Crippen LogP contribution >= 0.6 is 0 Å². The Labute approximate surface area is 182 Å². The Hall–Kier alpha value is -3.55. The van der Waals surface area contributed by atoms with E-state index in [1.807, 2.05) is 49.4 Å². The lowest BCUT2D eigenvalue weighted by atomic mass is 10.2. The van der Waals surface area contributed by atoms with Gasteiger partial charge in [-0.15, -0.1) is 0 Å². The Bertz CT molecular complexity index is 1030. The van der Waals surface area contributed by atoms with Gasteiger partial charge in [0.25, 0.3) is 0 Å². The number of benzene rings is 2. The van der Waals surface area contributed by atoms with Crippen molar-refractivity contribution in [2.24, 2.45) is 4.99 Å². The molecule has 0 aliphatic rings. The summed E-state index contributed by atoms with van der Waals surface area (Å²) in [5, 5.41) is 9.19. The van der Waals surface area contributed by atoms with Crippen LogP contribution in [0.5, 0.6) is 5.75 Å². The van der Waals surface area contributed by atoms with E-state index in [0.717, 1.165) is 47.7 Å². The van der Waals surface area contributed by atoms with E-state index in [1.54, 1.807) is 14.2 Å². The van der Waals surface area contributed by atoms with Gasteiger partial charge in [-0.05, 0) is 43.2 Å². The number of amides is 1. The number of aliphatic imine (C=N–C) groups is 1. The van der Waals surface area contributed by atoms with Crippen molar-refractivity contribution in [2.45, 2.75) is 26.4 Å². The maximum atomic E-state index is 12.1. The first kappa shape index (κ1) is 22.1. The van der Waals surface area contributed by atoms with Gasteiger partial charge in [0.1, 0.15) is 11.6 Å². The summed E-state index contributed by atoms with van der Waals surface area (Å²) in [4.78, 5) is 20.9. The number of carbonyl (C=O) groups is 1. The second-order valence-electron chi connectivity index (χ2n) is 7.13. The third-order valence-electron chi connectivity index (χ3n) is 4.99. The number of guanidine groups is 1. The highest BCUT2D eigenvalue weighted by atomic mass is 16.5. The summed E-state index contributed by atoms with van der Waals surface area (Å²) in [6.07, 6.45) is 0.908. The van der Waals surface area contributed by atoms with Gasteiger partial charge in [-0.3, -0.25) is 9.79 Å². The molecular formula is C23H30N6O2. The van der Waals surface area contributed by atoms with Crippen LogP contribution in [0.15, 0.2) is 53.5 Å². The van der Waals surface area contributed by atoms with Crippen LogP contribution < -0.4 is 20.7 Å². The predicted octanol–water partition coefficient (Wildman–Crippen LogP) is 2.22. The molecule has 31 heavy (non-hydrogen) atoms. The molecule has 3 aromatic rings. The molecule has 8 heteroatoms. The Morgan fingerprint density at radius 3 is 2.61 bits per heavy atom. The second-order valence-corrected chi connectivity index (χ2v) is 7.13. The molecule has 0 atom stereocenters. The number of carbonyl (C=O) groups excluding carboxylic acids is 1. The highest BCUT2D eigenvalue weighted by Crippen LogP contribution is 2.15. The van der Waals surface area contributed by atoms with E-state index in [1.165, 1.54) is 0 Å². The van der Waals surface area contributed by atoms with Crippen molar-refractivity contribution < 1.29 is 9.53 Å². The maximum absolute atomic E-state index is 12.1. The fourth-order valence-electron chi connectivity index (χ4n) is 3.31. The van der Waals surface area contributed by atoms with Crippen LogP contribution in [0.25, 0.3) is 11.0 Å². The zero-order valence-corrected chi connectivity index (χ0v) is 18.3. The third kappa shape index (κ3) is 6.21. The summed E-state index contributed by atoms with van der Waals surface area (Å²) >= 11 is 0. The molecule has 2 aromatic carbocycles. The molecule has 164 valence electrons. The van der Waals surface area contributed by atoms with Crippen molar-refractivity contribution in [3.05, 3.63) is 59.9 Å². The molecule has 0 fully saturated rings. The van der Waals surface area contributed by atoms with Crippen LogP contribution in [0.2, 0.25) is 0 Å². The lowest BCUT2D eigenvalue weighted by molar-refractivity contribution is -0.120. The van der Waals surface area contributed by atoms with E-state index in [2.05, 4.69) is 36.6 Å². The van der Waals surface area contributed by atoms with Crippen LogP contribution in [0.4, 0.5) is 0 Å². The van der Waals surface area contributed by atoms with Gasteiger partial charge < -0.3 is 25.3 Å². The number of hydrogen-bond donors (Lipinski definition) is 3. The average Bonchev–Trinajstić information content (AvgIpc) is 3.12. The van der Waals surface area contributed by atoms with E-state index < -0.39 is 0 Å². The topological polar surface area (TPSA) is 92.6 Å². The van der Waals surface area contributed by atoms with Gasteiger partial charge in [-0.25, -0.2) is 4.98 Å². The molecule has 3 N–H and O–H groups in total. The van der Waals surface area contributed by atoms with Gasteiger partial charge in [-0.2, -0.15) is 0 Å². The minimum atomic E-state index is -0.0979. The van der Waals surface area contributed by atoms with Gasteiger partial charge in [0.2, 0.25) is 5.91 Å². The molecule has 0 aliphatic carbocycles. The number of methoxy groups -OCH3 is 1. The number of hydrogen-bond acceptors (Lipinski definition) is 4. The first-order valence-electron chi connectivity index (χ1n) is 10.4. The summed E-state index contributed by atoms with van der Waals surface area (Å²) in [5.41, 5.74) is 3.18. The summed E-state index contributed by atoms with van der Waals surface area (Å²) in [6.45, 7) is 4.24. The van der Waals surface area contributed by atoms with Crippen molar-refractivity contribution >= 4 is 22.9 Å². The Morgan fingerprint density at radius 2 is 1.87 bits per heavy atom. The van der Waals surface area contributed by atoms with E-state index in [0.29, 0.717) is 12.5 Å². The van der Waals surface area contributed by atoms with E-state index in [-0.39, 0.29) is 12.5 Å². The van der Waals surface area contributed by atoms with Gasteiger partial charge in [-0.1, -0.05) is 24.3 Å². The molecule has 1 amide bonds. The van der Waals surface area contributed by atoms with Crippen molar-refractivity contribution in [3.8, 4) is 5.75 Å². The first-order valence-corrected chi connectivity index (χ1v) is 10.4. The lowest BCUT2D eigenvalue weighted by Gasteiger charge is -2.13. The number of nitrogens with zero attached hydrogens (tertiary/aromatic N) is 3. The maximum Gasteiger partial charge on any atom is 0.239 e. The standard InChI is InChI=1S/C23H30N6O2/c1-17-28-20-7-4-5-8-21(20)29(17)14-6-13-25-23(24-2)27-16-22(30)26-15-18-9-11-19(31-3)12-10-18/h4-5,7-12H,6,13-16H2,1-3H3,(H,26,30)(H2,24,25,27). The van der Waals surface area contributed by atoms with Crippen molar-refractivity contribution in [2.75, 3.05) is 27.2 Å². The molecule has 1 heterocycles. The monoisotopic (exact) mass is 422 g/mol. The van der Waals surface area contributed by atoms with Gasteiger partial charge in [0.05, 0.1) is 24.7 Å². The predicted molar refractivity (Wildman–Crippen MR) is 123 cm³/mol. The van der Waals surface area contributed by atoms with E-state index in [9.17, 15) is 4.79 Å². The zero-order valence-electron chi connectivity index (χ0n) is 18.3. The zero-order chi connectivity index (χ0) is 22.1. The fourth-order valence-corrected chi connectivity index (χ4v) is 3.31. The number of para-hydroxylation sites is 2. The smallest absolute Gasteiger partial charge is 0.239 e. The Balaban J connectivity index is 1.37. The fraction of sp³-hybridized carbons (Fsp3) is 0.348. The van der Waals surface area contributed by atoms with Gasteiger partial charge >= 0.3 is 0 Å². The Morgan fingerprint density at radius 1 is 1.10 bits per heavy atom. The molecule has 1 aromatic heterocycles. The minimum Gasteiger partial charge on any atom is -0.497 e. The molecule has 0 radical (unpaired) electrons. The van der Waals surface area contributed by atoms with Crippen LogP contribution in [0.3, 0.4) is 0 Å². The highest BCUT2D eigenvalue weighted by molar-refractivity contribution is 5.86. The highest BCUT2D eigenvalue weighted by Gasteiger charge is 2.07. The van der Waals surface area contributed by atoms with Crippen LogP contribution in [-0.2, 0) is 17.9 Å². The number of aryl methyl sites for hydroxylation is 2. The normalized spacial score (nSPS) is 11.4. The number of aromatic nitrogens is 2. The largest absolute Gasteiger partial charge is 0.497 e. The molecule has 0 unspecified atom stereocenters. The average molecular weight is 423 g/mol. The number of rotatable bonds is 9. The quantitative estimate of drug-likeness (QED) is 0.279. The lowest BCUT2D eigenvalue weighted by Crippen LogP contribution is -2.43. The van der Waals surface area contributed by atoms with Crippen LogP contribution in [0, 0.1) is 6.92 Å².